The quantitative estimate of drug-likeness (QED) is 0.408. The summed E-state index contributed by atoms with van der Waals surface area (Å²) in [6, 6.07) is 16.6. The Bertz CT molecular complexity index is 782. The zero-order chi connectivity index (χ0) is 20.5. The summed E-state index contributed by atoms with van der Waals surface area (Å²) in [5.74, 6) is 1.39. The van der Waals surface area contributed by atoms with Crippen LogP contribution in [0.15, 0.2) is 53.5 Å². The van der Waals surface area contributed by atoms with E-state index >= 15 is 0 Å². The summed E-state index contributed by atoms with van der Waals surface area (Å²) >= 11 is 0. The van der Waals surface area contributed by atoms with Crippen LogP contribution in [0.3, 0.4) is 0 Å². The first-order valence-corrected chi connectivity index (χ1v) is 10.4. The van der Waals surface area contributed by atoms with Crippen molar-refractivity contribution in [3.05, 3.63) is 54.1 Å². The van der Waals surface area contributed by atoms with E-state index in [1.165, 1.54) is 11.3 Å². The molecule has 1 aliphatic heterocycles. The number of aliphatic imine (C=N–C) groups is 1. The van der Waals surface area contributed by atoms with Crippen LogP contribution in [0, 0.1) is 0 Å². The van der Waals surface area contributed by atoms with Gasteiger partial charge in [-0.1, -0.05) is 19.1 Å². The third kappa shape index (κ3) is 6.39. The van der Waals surface area contributed by atoms with Gasteiger partial charge in [-0.3, -0.25) is 9.89 Å². The van der Waals surface area contributed by atoms with Crippen molar-refractivity contribution in [3.8, 4) is 5.75 Å². The number of nitrogens with zero attached hydrogens (tertiary/aromatic N) is 3. The maximum Gasteiger partial charge on any atom is 0.193 e. The summed E-state index contributed by atoms with van der Waals surface area (Å²) in [6.45, 7) is 8.19. The standard InChI is InChI=1S/C23H33N5O/c1-3-19-6-4-7-20(18-19)26-23(24)25-12-5-13-27-14-16-28(17-15-27)21-8-10-22(29-2)11-9-21/h4,6-11,18H,3,5,12-17H2,1-2H3,(H3,24,25,26). The first-order valence-electron chi connectivity index (χ1n) is 10.4. The van der Waals surface area contributed by atoms with Gasteiger partial charge in [0.1, 0.15) is 5.75 Å². The van der Waals surface area contributed by atoms with Gasteiger partial charge in [0.2, 0.25) is 0 Å². The van der Waals surface area contributed by atoms with Crippen LogP contribution in [-0.2, 0) is 6.42 Å². The first kappa shape index (κ1) is 21.0. The van der Waals surface area contributed by atoms with Gasteiger partial charge in [0.05, 0.1) is 7.11 Å². The number of anilines is 2. The van der Waals surface area contributed by atoms with Gasteiger partial charge in [-0.05, 0) is 54.8 Å². The maximum atomic E-state index is 6.03. The number of guanidine groups is 1. The van der Waals surface area contributed by atoms with Crippen LogP contribution in [0.1, 0.15) is 18.9 Å². The average Bonchev–Trinajstić information content (AvgIpc) is 2.77. The number of aryl methyl sites for hydroxylation is 1. The van der Waals surface area contributed by atoms with E-state index in [0.717, 1.165) is 63.5 Å². The van der Waals surface area contributed by atoms with E-state index in [-0.39, 0.29) is 0 Å². The van der Waals surface area contributed by atoms with Gasteiger partial charge in [0.15, 0.2) is 5.96 Å². The predicted octanol–water partition coefficient (Wildman–Crippen LogP) is 3.20. The molecule has 0 radical (unpaired) electrons. The number of nitrogens with one attached hydrogen (secondary N) is 1. The van der Waals surface area contributed by atoms with E-state index in [0.29, 0.717) is 5.96 Å². The lowest BCUT2D eigenvalue weighted by Crippen LogP contribution is -2.46. The van der Waals surface area contributed by atoms with Gasteiger partial charge >= 0.3 is 0 Å². The Morgan fingerprint density at radius 2 is 1.86 bits per heavy atom. The van der Waals surface area contributed by atoms with Crippen molar-refractivity contribution >= 4 is 17.3 Å². The van der Waals surface area contributed by atoms with E-state index < -0.39 is 0 Å². The second kappa shape index (κ2) is 10.7. The zero-order valence-electron chi connectivity index (χ0n) is 17.6. The van der Waals surface area contributed by atoms with Crippen LogP contribution in [0.25, 0.3) is 0 Å². The highest BCUT2D eigenvalue weighted by Crippen LogP contribution is 2.20. The van der Waals surface area contributed by atoms with Crippen molar-refractivity contribution in [1.82, 2.24) is 4.90 Å². The Kier molecular flexibility index (Phi) is 7.76. The van der Waals surface area contributed by atoms with E-state index in [9.17, 15) is 0 Å². The van der Waals surface area contributed by atoms with Crippen LogP contribution in [-0.4, -0.2) is 57.2 Å². The average molecular weight is 396 g/mol. The molecule has 2 aromatic carbocycles. The molecule has 0 unspecified atom stereocenters. The van der Waals surface area contributed by atoms with Gasteiger partial charge in [0, 0.05) is 50.6 Å². The first-order chi connectivity index (χ1) is 14.2. The molecular weight excluding hydrogens is 362 g/mol. The van der Waals surface area contributed by atoms with Gasteiger partial charge in [-0.25, -0.2) is 0 Å². The monoisotopic (exact) mass is 395 g/mol. The molecule has 0 spiro atoms. The van der Waals surface area contributed by atoms with Crippen molar-refractivity contribution in [1.29, 1.82) is 0 Å². The molecule has 29 heavy (non-hydrogen) atoms. The number of hydrogen-bond acceptors (Lipinski definition) is 4. The highest BCUT2D eigenvalue weighted by Gasteiger charge is 2.16. The minimum Gasteiger partial charge on any atom is -0.497 e. The topological polar surface area (TPSA) is 66.1 Å². The zero-order valence-corrected chi connectivity index (χ0v) is 17.6. The maximum absolute atomic E-state index is 6.03. The van der Waals surface area contributed by atoms with E-state index in [1.807, 2.05) is 24.3 Å². The number of hydrogen-bond donors (Lipinski definition) is 2. The molecule has 0 atom stereocenters. The second-order valence-corrected chi connectivity index (χ2v) is 7.33. The Labute approximate surface area is 174 Å². The van der Waals surface area contributed by atoms with Crippen molar-refractivity contribution in [3.63, 3.8) is 0 Å². The molecule has 6 heteroatoms. The highest BCUT2D eigenvalue weighted by atomic mass is 16.5. The summed E-state index contributed by atoms with van der Waals surface area (Å²) < 4.78 is 5.24. The molecular formula is C23H33N5O. The molecule has 3 rings (SSSR count). The van der Waals surface area contributed by atoms with Crippen molar-refractivity contribution in [2.75, 3.05) is 56.6 Å². The third-order valence-electron chi connectivity index (χ3n) is 5.33. The van der Waals surface area contributed by atoms with Gasteiger partial charge in [-0.15, -0.1) is 0 Å². The number of nitrogens with two attached hydrogens (primary N) is 1. The number of benzene rings is 2. The SMILES string of the molecule is CCc1cccc(NC(N)=NCCCN2CCN(c3ccc(OC)cc3)CC2)c1. The summed E-state index contributed by atoms with van der Waals surface area (Å²) in [4.78, 5) is 9.41. The molecule has 0 bridgehead atoms. The molecule has 1 fully saturated rings. The minimum absolute atomic E-state index is 0.488. The Balaban J connectivity index is 1.36. The van der Waals surface area contributed by atoms with Crippen molar-refractivity contribution in [2.45, 2.75) is 19.8 Å². The summed E-state index contributed by atoms with van der Waals surface area (Å²) in [7, 11) is 1.70. The molecule has 156 valence electrons. The number of ether oxygens (including phenoxy) is 1. The van der Waals surface area contributed by atoms with Gasteiger partial charge < -0.3 is 20.7 Å². The summed E-state index contributed by atoms with van der Waals surface area (Å²) in [6.07, 6.45) is 2.03. The molecule has 0 amide bonds. The molecule has 1 heterocycles. The molecule has 1 aliphatic rings. The van der Waals surface area contributed by atoms with Crippen LogP contribution >= 0.6 is 0 Å². The predicted molar refractivity (Wildman–Crippen MR) is 122 cm³/mol. The number of rotatable bonds is 8. The molecule has 1 saturated heterocycles. The largest absolute Gasteiger partial charge is 0.497 e. The van der Waals surface area contributed by atoms with E-state index in [4.69, 9.17) is 10.5 Å². The van der Waals surface area contributed by atoms with Crippen molar-refractivity contribution in [2.24, 2.45) is 10.7 Å². The third-order valence-corrected chi connectivity index (χ3v) is 5.33. The minimum atomic E-state index is 0.488. The Morgan fingerprint density at radius 3 is 2.55 bits per heavy atom. The van der Waals surface area contributed by atoms with Gasteiger partial charge in [0.25, 0.3) is 0 Å². The van der Waals surface area contributed by atoms with Crippen LogP contribution < -0.4 is 20.7 Å². The second-order valence-electron chi connectivity index (χ2n) is 7.33. The molecule has 0 aliphatic carbocycles. The Morgan fingerprint density at radius 1 is 1.10 bits per heavy atom. The Hall–Kier alpha value is -2.73. The van der Waals surface area contributed by atoms with E-state index in [2.05, 4.69) is 51.3 Å². The summed E-state index contributed by atoms with van der Waals surface area (Å²) in [5, 5.41) is 3.19. The molecule has 2 aromatic rings. The van der Waals surface area contributed by atoms with Crippen molar-refractivity contribution < 1.29 is 4.74 Å². The fraction of sp³-hybridized carbons (Fsp3) is 0.435. The van der Waals surface area contributed by atoms with Crippen LogP contribution in [0.5, 0.6) is 5.75 Å². The summed E-state index contributed by atoms with van der Waals surface area (Å²) in [5.41, 5.74) is 9.58. The normalized spacial score (nSPS) is 15.4. The lowest BCUT2D eigenvalue weighted by Gasteiger charge is -2.36. The lowest BCUT2D eigenvalue weighted by molar-refractivity contribution is 0.256. The number of piperazine rings is 1. The van der Waals surface area contributed by atoms with Crippen LogP contribution in [0.4, 0.5) is 11.4 Å². The fourth-order valence-electron chi connectivity index (χ4n) is 3.57. The highest BCUT2D eigenvalue weighted by molar-refractivity contribution is 5.92. The van der Waals surface area contributed by atoms with Crippen LogP contribution in [0.2, 0.25) is 0 Å². The molecule has 0 saturated carbocycles. The van der Waals surface area contributed by atoms with E-state index in [1.54, 1.807) is 7.11 Å². The lowest BCUT2D eigenvalue weighted by atomic mass is 10.1. The fourth-order valence-corrected chi connectivity index (χ4v) is 3.57. The van der Waals surface area contributed by atoms with Gasteiger partial charge in [-0.2, -0.15) is 0 Å². The smallest absolute Gasteiger partial charge is 0.193 e. The molecule has 3 N–H and O–H groups in total. The number of methoxy groups -OCH3 is 1. The molecule has 6 nitrogen and oxygen atoms in total. The molecule has 0 aromatic heterocycles.